The molecular weight excluding hydrogens is 224 g/mol. The molecule has 0 aliphatic heterocycles. The molecule has 94 valence electrons. The Labute approximate surface area is 107 Å². The largest absolute Gasteiger partial charge is 0.294 e. The van der Waals surface area contributed by atoms with Gasteiger partial charge in [-0.25, -0.2) is 0 Å². The summed E-state index contributed by atoms with van der Waals surface area (Å²) < 4.78 is 1.83. The number of hydrogen-bond donors (Lipinski definition) is 0. The van der Waals surface area contributed by atoms with Gasteiger partial charge in [-0.05, 0) is 25.0 Å². The van der Waals surface area contributed by atoms with Crippen LogP contribution in [0.4, 0.5) is 0 Å². The summed E-state index contributed by atoms with van der Waals surface area (Å²) in [6.07, 6.45) is 3.06. The average Bonchev–Trinajstić information content (AvgIpc) is 2.69. The predicted molar refractivity (Wildman–Crippen MR) is 73.5 cm³/mol. The number of rotatable bonds is 4. The van der Waals surface area contributed by atoms with Gasteiger partial charge in [0, 0.05) is 12.4 Å². The number of fused-ring (bicyclic) bond motifs is 1. The maximum absolute atomic E-state index is 12.1. The number of para-hydroxylation sites is 1. The van der Waals surface area contributed by atoms with Crippen molar-refractivity contribution in [3.05, 3.63) is 41.6 Å². The van der Waals surface area contributed by atoms with Crippen LogP contribution in [0.3, 0.4) is 0 Å². The molecule has 18 heavy (non-hydrogen) atoms. The summed E-state index contributed by atoms with van der Waals surface area (Å²) in [5.74, 6) is 0.170. The van der Waals surface area contributed by atoms with E-state index in [1.54, 1.807) is 0 Å². The monoisotopic (exact) mass is 242 g/mol. The minimum atomic E-state index is 0.170. The van der Waals surface area contributed by atoms with E-state index in [1.165, 1.54) is 0 Å². The van der Waals surface area contributed by atoms with E-state index in [9.17, 15) is 4.79 Å². The first-order chi connectivity index (χ1) is 8.67. The Bertz CT molecular complexity index is 608. The summed E-state index contributed by atoms with van der Waals surface area (Å²) >= 11 is 0. The number of hydrogen-bond acceptors (Lipinski definition) is 2. The second kappa shape index (κ2) is 5.17. The van der Waals surface area contributed by atoms with Crippen molar-refractivity contribution in [2.24, 2.45) is 7.05 Å². The van der Waals surface area contributed by atoms with Crippen LogP contribution in [0.15, 0.2) is 35.9 Å². The minimum Gasteiger partial charge on any atom is -0.294 e. The average molecular weight is 242 g/mol. The molecule has 1 aromatic carbocycles. The van der Waals surface area contributed by atoms with Crippen molar-refractivity contribution in [1.82, 2.24) is 9.78 Å². The standard InChI is InChI=1S/C15H18N2O/c1-4-11(5-2)15(18)10-13-12-8-6-7-9-14(12)17(3)16-13/h4,6-9H,5,10H2,1-3H3/b11-4-. The maximum Gasteiger partial charge on any atom is 0.164 e. The third-order valence-corrected chi connectivity index (χ3v) is 3.25. The highest BCUT2D eigenvalue weighted by Crippen LogP contribution is 2.19. The van der Waals surface area contributed by atoms with Gasteiger partial charge in [-0.1, -0.05) is 31.2 Å². The molecule has 0 radical (unpaired) electrons. The molecule has 0 spiro atoms. The Morgan fingerprint density at radius 2 is 2.11 bits per heavy atom. The molecule has 0 unspecified atom stereocenters. The summed E-state index contributed by atoms with van der Waals surface area (Å²) in [6, 6.07) is 8.01. The van der Waals surface area contributed by atoms with Gasteiger partial charge in [0.25, 0.3) is 0 Å². The van der Waals surface area contributed by atoms with Crippen molar-refractivity contribution < 1.29 is 4.79 Å². The maximum atomic E-state index is 12.1. The molecule has 0 saturated carbocycles. The predicted octanol–water partition coefficient (Wildman–Crippen LogP) is 3.04. The molecule has 0 saturated heterocycles. The fourth-order valence-electron chi connectivity index (χ4n) is 2.25. The fraction of sp³-hybridized carbons (Fsp3) is 0.333. The Morgan fingerprint density at radius 3 is 2.78 bits per heavy atom. The van der Waals surface area contributed by atoms with Crippen molar-refractivity contribution in [3.8, 4) is 0 Å². The number of carbonyl (C=O) groups excluding carboxylic acids is 1. The number of Topliss-reactive ketones (excluding diaryl/α,β-unsaturated/α-hetero) is 1. The zero-order chi connectivity index (χ0) is 13.1. The lowest BCUT2D eigenvalue weighted by molar-refractivity contribution is -0.115. The summed E-state index contributed by atoms with van der Waals surface area (Å²) in [5.41, 5.74) is 2.81. The number of benzene rings is 1. The molecule has 0 bridgehead atoms. The zero-order valence-electron chi connectivity index (χ0n) is 11.1. The van der Waals surface area contributed by atoms with E-state index in [0.717, 1.165) is 28.6 Å². The van der Waals surface area contributed by atoms with Crippen LogP contribution < -0.4 is 0 Å². The minimum absolute atomic E-state index is 0.170. The van der Waals surface area contributed by atoms with Gasteiger partial charge in [0.15, 0.2) is 5.78 Å². The SMILES string of the molecule is C/C=C(/CC)C(=O)Cc1nn(C)c2ccccc12. The Morgan fingerprint density at radius 1 is 1.39 bits per heavy atom. The van der Waals surface area contributed by atoms with Gasteiger partial charge in [0.2, 0.25) is 0 Å². The molecule has 3 heteroatoms. The molecule has 2 rings (SSSR count). The topological polar surface area (TPSA) is 34.9 Å². The molecule has 0 fully saturated rings. The quantitative estimate of drug-likeness (QED) is 0.772. The number of aromatic nitrogens is 2. The Balaban J connectivity index is 2.36. The summed E-state index contributed by atoms with van der Waals surface area (Å²) in [5, 5.41) is 5.52. The van der Waals surface area contributed by atoms with E-state index in [4.69, 9.17) is 0 Å². The van der Waals surface area contributed by atoms with Gasteiger partial charge in [0.1, 0.15) is 0 Å². The van der Waals surface area contributed by atoms with Crippen LogP contribution in [-0.4, -0.2) is 15.6 Å². The van der Waals surface area contributed by atoms with Crippen LogP contribution in [0.5, 0.6) is 0 Å². The van der Waals surface area contributed by atoms with Crippen molar-refractivity contribution >= 4 is 16.7 Å². The van der Waals surface area contributed by atoms with E-state index in [-0.39, 0.29) is 5.78 Å². The second-order valence-electron chi connectivity index (χ2n) is 4.35. The third-order valence-electron chi connectivity index (χ3n) is 3.25. The number of ketones is 1. The molecule has 1 aromatic heterocycles. The molecule has 0 aliphatic rings. The number of allylic oxidation sites excluding steroid dienone is 2. The first kappa shape index (κ1) is 12.6. The van der Waals surface area contributed by atoms with Crippen LogP contribution >= 0.6 is 0 Å². The molecule has 0 aliphatic carbocycles. The van der Waals surface area contributed by atoms with Crippen LogP contribution in [-0.2, 0) is 18.3 Å². The second-order valence-corrected chi connectivity index (χ2v) is 4.35. The molecule has 1 heterocycles. The van der Waals surface area contributed by atoms with Crippen LogP contribution in [0.25, 0.3) is 10.9 Å². The summed E-state index contributed by atoms with van der Waals surface area (Å²) in [4.78, 5) is 12.1. The molecule has 0 atom stereocenters. The Hall–Kier alpha value is -1.90. The third kappa shape index (κ3) is 2.21. The van der Waals surface area contributed by atoms with E-state index in [0.29, 0.717) is 6.42 Å². The highest BCUT2D eigenvalue weighted by atomic mass is 16.1. The van der Waals surface area contributed by atoms with E-state index < -0.39 is 0 Å². The number of nitrogens with zero attached hydrogens (tertiary/aromatic N) is 2. The lowest BCUT2D eigenvalue weighted by atomic mass is 10.0. The number of carbonyl (C=O) groups is 1. The lowest BCUT2D eigenvalue weighted by Gasteiger charge is -2.01. The molecular formula is C15H18N2O. The van der Waals surface area contributed by atoms with E-state index in [1.807, 2.05) is 55.9 Å². The van der Waals surface area contributed by atoms with Crippen molar-refractivity contribution in [2.75, 3.05) is 0 Å². The van der Waals surface area contributed by atoms with E-state index >= 15 is 0 Å². The van der Waals surface area contributed by atoms with Crippen molar-refractivity contribution in [3.63, 3.8) is 0 Å². The van der Waals surface area contributed by atoms with Gasteiger partial charge in [0.05, 0.1) is 17.6 Å². The van der Waals surface area contributed by atoms with Gasteiger partial charge >= 0.3 is 0 Å². The molecule has 0 amide bonds. The first-order valence-corrected chi connectivity index (χ1v) is 6.26. The molecule has 2 aromatic rings. The van der Waals surface area contributed by atoms with Crippen LogP contribution in [0, 0.1) is 0 Å². The van der Waals surface area contributed by atoms with Gasteiger partial charge in [-0.15, -0.1) is 0 Å². The summed E-state index contributed by atoms with van der Waals surface area (Å²) in [6.45, 7) is 3.91. The van der Waals surface area contributed by atoms with Gasteiger partial charge in [-0.3, -0.25) is 9.48 Å². The zero-order valence-corrected chi connectivity index (χ0v) is 11.1. The van der Waals surface area contributed by atoms with Crippen molar-refractivity contribution in [2.45, 2.75) is 26.7 Å². The highest BCUT2D eigenvalue weighted by Gasteiger charge is 2.13. The highest BCUT2D eigenvalue weighted by molar-refractivity contribution is 5.98. The van der Waals surface area contributed by atoms with Crippen molar-refractivity contribution in [1.29, 1.82) is 0 Å². The lowest BCUT2D eigenvalue weighted by Crippen LogP contribution is -2.07. The van der Waals surface area contributed by atoms with E-state index in [2.05, 4.69) is 5.10 Å². The number of aryl methyl sites for hydroxylation is 1. The first-order valence-electron chi connectivity index (χ1n) is 6.26. The van der Waals surface area contributed by atoms with Gasteiger partial charge < -0.3 is 0 Å². The van der Waals surface area contributed by atoms with Crippen LogP contribution in [0.1, 0.15) is 26.0 Å². The molecule has 3 nitrogen and oxygen atoms in total. The molecule has 0 N–H and O–H groups in total. The fourth-order valence-corrected chi connectivity index (χ4v) is 2.25. The smallest absolute Gasteiger partial charge is 0.164 e. The van der Waals surface area contributed by atoms with Gasteiger partial charge in [-0.2, -0.15) is 5.10 Å². The summed E-state index contributed by atoms with van der Waals surface area (Å²) in [7, 11) is 1.91. The normalized spacial score (nSPS) is 12.1. The Kier molecular flexibility index (Phi) is 3.60. The van der Waals surface area contributed by atoms with Crippen LogP contribution in [0.2, 0.25) is 0 Å².